The van der Waals surface area contributed by atoms with Crippen molar-refractivity contribution in [3.63, 3.8) is 0 Å². The third-order valence-electron chi connectivity index (χ3n) is 3.78. The molecule has 132 valence electrons. The molecule has 0 saturated carbocycles. The molecular weight excluding hydrogens is 346 g/mol. The molecule has 3 aromatic rings. The molecule has 5 nitrogen and oxygen atoms in total. The van der Waals surface area contributed by atoms with E-state index in [1.807, 2.05) is 30.3 Å². The van der Waals surface area contributed by atoms with E-state index in [1.54, 1.807) is 30.5 Å². The smallest absolute Gasteiger partial charge is 0.225 e. The molecule has 1 aromatic heterocycles. The molecule has 2 N–H and O–H groups in total. The Labute approximate surface area is 156 Å². The summed E-state index contributed by atoms with van der Waals surface area (Å²) in [6.45, 7) is 1.52. The number of ketones is 1. The Morgan fingerprint density at radius 1 is 1.08 bits per heavy atom. The van der Waals surface area contributed by atoms with E-state index in [-0.39, 0.29) is 11.7 Å². The van der Waals surface area contributed by atoms with Gasteiger partial charge in [0.25, 0.3) is 0 Å². The van der Waals surface area contributed by atoms with Gasteiger partial charge in [0.15, 0.2) is 10.9 Å². The number of amides is 1. The number of hydrogen-bond donors (Lipinski definition) is 2. The van der Waals surface area contributed by atoms with Crippen LogP contribution in [0, 0.1) is 0 Å². The van der Waals surface area contributed by atoms with E-state index in [1.165, 1.54) is 18.7 Å². The Balaban J connectivity index is 1.46. The second kappa shape index (κ2) is 8.49. The average Bonchev–Trinajstić information content (AvgIpc) is 3.12. The molecule has 0 aliphatic carbocycles. The van der Waals surface area contributed by atoms with E-state index in [2.05, 4.69) is 15.3 Å². The van der Waals surface area contributed by atoms with Gasteiger partial charge in [-0.2, -0.15) is 0 Å². The predicted octanol–water partition coefficient (Wildman–Crippen LogP) is 4.40. The molecule has 0 spiro atoms. The lowest BCUT2D eigenvalue weighted by molar-refractivity contribution is -0.115. The van der Waals surface area contributed by atoms with Crippen LogP contribution in [0.25, 0.3) is 11.3 Å². The van der Waals surface area contributed by atoms with E-state index in [9.17, 15) is 9.59 Å². The number of carbonyl (C=O) groups is 2. The summed E-state index contributed by atoms with van der Waals surface area (Å²) in [4.78, 5) is 30.9. The number of Topliss-reactive ketones (excluding diaryl/α,β-unsaturated/α-hetero) is 1. The first-order chi connectivity index (χ1) is 12.6. The minimum absolute atomic E-state index is 0.00703. The third kappa shape index (κ3) is 4.83. The lowest BCUT2D eigenvalue weighted by atomic mass is 10.1. The highest BCUT2D eigenvalue weighted by molar-refractivity contribution is 7.99. The number of rotatable bonds is 7. The predicted molar refractivity (Wildman–Crippen MR) is 104 cm³/mol. The van der Waals surface area contributed by atoms with E-state index < -0.39 is 0 Å². The van der Waals surface area contributed by atoms with Crippen LogP contribution in [-0.2, 0) is 4.79 Å². The maximum atomic E-state index is 12.0. The van der Waals surface area contributed by atoms with E-state index >= 15 is 0 Å². The first-order valence-electron chi connectivity index (χ1n) is 8.26. The van der Waals surface area contributed by atoms with Crippen LogP contribution in [0.4, 0.5) is 5.69 Å². The first-order valence-corrected chi connectivity index (χ1v) is 9.24. The monoisotopic (exact) mass is 365 g/mol. The van der Waals surface area contributed by atoms with Crippen LogP contribution in [0.1, 0.15) is 23.7 Å². The van der Waals surface area contributed by atoms with Crippen LogP contribution in [-0.4, -0.2) is 27.4 Å². The lowest BCUT2D eigenvalue weighted by Crippen LogP contribution is -2.12. The van der Waals surface area contributed by atoms with E-state index in [0.29, 0.717) is 23.4 Å². The molecule has 3 rings (SSSR count). The van der Waals surface area contributed by atoms with Crippen LogP contribution < -0.4 is 5.32 Å². The molecule has 0 bridgehead atoms. The number of nitrogens with one attached hydrogen (secondary N) is 2. The summed E-state index contributed by atoms with van der Waals surface area (Å²) >= 11 is 1.51. The van der Waals surface area contributed by atoms with Crippen molar-refractivity contribution >= 4 is 29.1 Å². The Morgan fingerprint density at radius 2 is 1.81 bits per heavy atom. The van der Waals surface area contributed by atoms with Crippen molar-refractivity contribution in [1.29, 1.82) is 0 Å². The highest BCUT2D eigenvalue weighted by Gasteiger charge is 2.07. The number of hydrogen-bond acceptors (Lipinski definition) is 4. The molecule has 0 aliphatic rings. The van der Waals surface area contributed by atoms with Crippen molar-refractivity contribution < 1.29 is 9.59 Å². The summed E-state index contributed by atoms with van der Waals surface area (Å²) in [6, 6.07) is 16.9. The molecule has 1 amide bonds. The number of nitrogens with zero attached hydrogens (tertiary/aromatic N) is 1. The maximum Gasteiger partial charge on any atom is 0.225 e. The van der Waals surface area contributed by atoms with Crippen LogP contribution in [0.15, 0.2) is 66.0 Å². The summed E-state index contributed by atoms with van der Waals surface area (Å²) in [5, 5.41) is 3.63. The fourth-order valence-electron chi connectivity index (χ4n) is 2.39. The Kier molecular flexibility index (Phi) is 5.86. The highest BCUT2D eigenvalue weighted by Crippen LogP contribution is 2.21. The summed E-state index contributed by atoms with van der Waals surface area (Å²) in [7, 11) is 0. The number of H-pyrrole nitrogens is 1. The zero-order valence-corrected chi connectivity index (χ0v) is 15.2. The van der Waals surface area contributed by atoms with Gasteiger partial charge in [-0.25, -0.2) is 4.98 Å². The molecule has 1 heterocycles. The maximum absolute atomic E-state index is 12.0. The molecule has 0 fully saturated rings. The number of anilines is 1. The van der Waals surface area contributed by atoms with Crippen molar-refractivity contribution in [1.82, 2.24) is 9.97 Å². The number of thioether (sulfide) groups is 1. The number of benzene rings is 2. The Bertz CT molecular complexity index is 889. The van der Waals surface area contributed by atoms with Gasteiger partial charge in [-0.05, 0) is 36.8 Å². The minimum Gasteiger partial charge on any atom is -0.333 e. The van der Waals surface area contributed by atoms with Crippen molar-refractivity contribution in [2.24, 2.45) is 0 Å². The van der Waals surface area contributed by atoms with Crippen LogP contribution >= 0.6 is 11.8 Å². The number of carbonyl (C=O) groups excluding carboxylic acids is 2. The third-order valence-corrected chi connectivity index (χ3v) is 4.67. The van der Waals surface area contributed by atoms with Crippen molar-refractivity contribution in [3.8, 4) is 11.3 Å². The second-order valence-corrected chi connectivity index (χ2v) is 6.83. The molecule has 0 saturated heterocycles. The zero-order chi connectivity index (χ0) is 18.4. The molecule has 0 unspecified atom stereocenters. The van der Waals surface area contributed by atoms with Gasteiger partial charge in [-0.15, -0.1) is 0 Å². The molecule has 0 aliphatic heterocycles. The summed E-state index contributed by atoms with van der Waals surface area (Å²) in [6.07, 6.45) is 2.18. The van der Waals surface area contributed by atoms with Gasteiger partial charge < -0.3 is 10.3 Å². The van der Waals surface area contributed by atoms with Gasteiger partial charge in [0.1, 0.15) is 0 Å². The average molecular weight is 365 g/mol. The molecule has 0 radical (unpaired) electrons. The van der Waals surface area contributed by atoms with E-state index in [4.69, 9.17) is 0 Å². The fourth-order valence-corrected chi connectivity index (χ4v) is 3.18. The van der Waals surface area contributed by atoms with Crippen molar-refractivity contribution in [2.75, 3.05) is 11.1 Å². The number of aromatic amines is 1. The molecule has 26 heavy (non-hydrogen) atoms. The summed E-state index contributed by atoms with van der Waals surface area (Å²) in [5.41, 5.74) is 3.36. The van der Waals surface area contributed by atoms with Crippen LogP contribution in [0.5, 0.6) is 0 Å². The number of imidazole rings is 1. The van der Waals surface area contributed by atoms with Gasteiger partial charge in [-0.1, -0.05) is 42.1 Å². The molecule has 6 heteroatoms. The first kappa shape index (κ1) is 17.9. The number of aromatic nitrogens is 2. The largest absolute Gasteiger partial charge is 0.333 e. The second-order valence-electron chi connectivity index (χ2n) is 5.75. The van der Waals surface area contributed by atoms with Crippen molar-refractivity contribution in [2.45, 2.75) is 18.5 Å². The minimum atomic E-state index is -0.0667. The van der Waals surface area contributed by atoms with E-state index in [0.717, 1.165) is 16.4 Å². The standard InChI is InChI=1S/C20H19N3O2S/c1-14(24)15-7-9-17(10-8-15)22-19(25)11-12-26-20-21-13-18(23-20)16-5-3-2-4-6-16/h2-10,13H,11-12H2,1H3,(H,21,23)(H,22,25). The normalized spacial score (nSPS) is 10.5. The fraction of sp³-hybridized carbons (Fsp3) is 0.150. The summed E-state index contributed by atoms with van der Waals surface area (Å²) in [5.74, 6) is 0.564. The Morgan fingerprint density at radius 3 is 2.50 bits per heavy atom. The van der Waals surface area contributed by atoms with Gasteiger partial charge >= 0.3 is 0 Å². The zero-order valence-electron chi connectivity index (χ0n) is 14.4. The van der Waals surface area contributed by atoms with Crippen LogP contribution in [0.2, 0.25) is 0 Å². The topological polar surface area (TPSA) is 74.8 Å². The van der Waals surface area contributed by atoms with Gasteiger partial charge in [0, 0.05) is 23.4 Å². The lowest BCUT2D eigenvalue weighted by Gasteiger charge is -2.05. The Hall–Kier alpha value is -2.86. The highest BCUT2D eigenvalue weighted by atomic mass is 32.2. The summed E-state index contributed by atoms with van der Waals surface area (Å²) < 4.78 is 0. The quantitative estimate of drug-likeness (QED) is 0.481. The van der Waals surface area contributed by atoms with Crippen LogP contribution in [0.3, 0.4) is 0 Å². The SMILES string of the molecule is CC(=O)c1ccc(NC(=O)CCSc2ncc(-c3ccccc3)[nH]2)cc1. The molecule has 0 atom stereocenters. The molecule has 2 aromatic carbocycles. The van der Waals surface area contributed by atoms with Gasteiger partial charge in [0.2, 0.25) is 5.91 Å². The molecular formula is C20H19N3O2S. The van der Waals surface area contributed by atoms with Gasteiger partial charge in [0.05, 0.1) is 11.9 Å². The van der Waals surface area contributed by atoms with Gasteiger partial charge in [-0.3, -0.25) is 9.59 Å². The van der Waals surface area contributed by atoms with Crippen molar-refractivity contribution in [3.05, 3.63) is 66.4 Å².